The normalized spacial score (nSPS) is 13.1. The van der Waals surface area contributed by atoms with Crippen LogP contribution >= 0.6 is 11.5 Å². The highest BCUT2D eigenvalue weighted by Crippen LogP contribution is 2.07. The summed E-state index contributed by atoms with van der Waals surface area (Å²) >= 11 is 0.900. The van der Waals surface area contributed by atoms with E-state index in [1.165, 1.54) is 13.2 Å². The number of hydrogen-bond donors (Lipinski definition) is 2. The van der Waals surface area contributed by atoms with Crippen molar-refractivity contribution in [1.29, 1.82) is 0 Å². The zero-order valence-corrected chi connectivity index (χ0v) is 9.60. The van der Waals surface area contributed by atoms with E-state index in [4.69, 9.17) is 15.7 Å². The molecular formula is C8H9N4O4S. The van der Waals surface area contributed by atoms with Gasteiger partial charge in [0.2, 0.25) is 5.82 Å². The number of oxime groups is 1. The van der Waals surface area contributed by atoms with E-state index in [1.807, 2.05) is 0 Å². The standard InChI is InChI=1S/C8H9N4O4S/c1-4(2-6(14)15)16-11-5(3-13)7-10-8(9)17-12-7/h4H,2H2,1H3,(H,14,15)(H2,9,10,12). The molecule has 0 aliphatic heterocycles. The number of carbonyl (C=O) groups excluding carboxylic acids is 1. The summed E-state index contributed by atoms with van der Waals surface area (Å²) in [5, 5.41) is 12.1. The third-order valence-electron chi connectivity index (χ3n) is 1.54. The maximum absolute atomic E-state index is 10.6. The Bertz CT molecular complexity index is 444. The minimum atomic E-state index is -1.03. The summed E-state index contributed by atoms with van der Waals surface area (Å²) in [4.78, 5) is 29.4. The molecule has 0 fully saturated rings. The molecule has 0 saturated carbocycles. The summed E-state index contributed by atoms with van der Waals surface area (Å²) in [6.07, 6.45) is 0.586. The number of aromatic nitrogens is 2. The van der Waals surface area contributed by atoms with Crippen LogP contribution in [0.15, 0.2) is 5.16 Å². The van der Waals surface area contributed by atoms with E-state index < -0.39 is 12.1 Å². The third kappa shape index (κ3) is 4.15. The number of nitrogens with zero attached hydrogens (tertiary/aromatic N) is 3. The average molecular weight is 257 g/mol. The minimum Gasteiger partial charge on any atom is -0.481 e. The summed E-state index contributed by atoms with van der Waals surface area (Å²) in [5.41, 5.74) is 5.08. The molecule has 1 aromatic rings. The first kappa shape index (κ1) is 13.0. The first-order valence-corrected chi connectivity index (χ1v) is 5.23. The zero-order chi connectivity index (χ0) is 12.8. The van der Waals surface area contributed by atoms with Crippen LogP contribution in [0.4, 0.5) is 5.13 Å². The van der Waals surface area contributed by atoms with Crippen molar-refractivity contribution in [2.75, 3.05) is 5.73 Å². The van der Waals surface area contributed by atoms with Gasteiger partial charge >= 0.3 is 5.97 Å². The molecular weight excluding hydrogens is 248 g/mol. The van der Waals surface area contributed by atoms with E-state index in [0.717, 1.165) is 11.5 Å². The monoisotopic (exact) mass is 257 g/mol. The van der Waals surface area contributed by atoms with Crippen LogP contribution in [0.1, 0.15) is 19.2 Å². The Kier molecular flexibility index (Phi) is 4.52. The lowest BCUT2D eigenvalue weighted by Crippen LogP contribution is -2.13. The van der Waals surface area contributed by atoms with Crippen LogP contribution in [-0.4, -0.2) is 38.5 Å². The highest BCUT2D eigenvalue weighted by molar-refractivity contribution is 7.09. The molecule has 17 heavy (non-hydrogen) atoms. The summed E-state index contributed by atoms with van der Waals surface area (Å²) in [6, 6.07) is 0. The summed E-state index contributed by atoms with van der Waals surface area (Å²) in [5.74, 6) is -1.02. The van der Waals surface area contributed by atoms with Crippen molar-refractivity contribution < 1.29 is 19.5 Å². The lowest BCUT2D eigenvalue weighted by atomic mass is 10.3. The topological polar surface area (TPSA) is 128 Å². The molecule has 1 aromatic heterocycles. The number of anilines is 1. The molecule has 9 heteroatoms. The number of hydrogen-bond acceptors (Lipinski definition) is 8. The fourth-order valence-electron chi connectivity index (χ4n) is 0.862. The second-order valence-electron chi connectivity index (χ2n) is 3.01. The van der Waals surface area contributed by atoms with Crippen molar-refractivity contribution in [3.05, 3.63) is 5.82 Å². The molecule has 0 aliphatic carbocycles. The van der Waals surface area contributed by atoms with Crippen LogP contribution < -0.4 is 5.73 Å². The molecule has 0 bridgehead atoms. The first-order chi connectivity index (χ1) is 8.02. The number of carbonyl (C=O) groups is 1. The Hall–Kier alpha value is -2.03. The van der Waals surface area contributed by atoms with Crippen LogP contribution in [-0.2, 0) is 14.4 Å². The van der Waals surface area contributed by atoms with Gasteiger partial charge in [-0.25, -0.2) is 0 Å². The molecule has 0 saturated heterocycles. The van der Waals surface area contributed by atoms with E-state index in [1.54, 1.807) is 0 Å². The van der Waals surface area contributed by atoms with Crippen LogP contribution in [0.5, 0.6) is 0 Å². The molecule has 1 rings (SSSR count). The number of carboxylic acid groups (broad SMARTS) is 1. The maximum Gasteiger partial charge on any atom is 0.307 e. The lowest BCUT2D eigenvalue weighted by molar-refractivity contribution is -0.139. The van der Waals surface area contributed by atoms with Crippen molar-refractivity contribution >= 4 is 34.6 Å². The van der Waals surface area contributed by atoms with E-state index >= 15 is 0 Å². The van der Waals surface area contributed by atoms with E-state index in [2.05, 4.69) is 14.5 Å². The Morgan fingerprint density at radius 1 is 1.76 bits per heavy atom. The molecule has 1 radical (unpaired) electrons. The van der Waals surface area contributed by atoms with Crippen molar-refractivity contribution in [1.82, 2.24) is 9.36 Å². The van der Waals surface area contributed by atoms with Crippen molar-refractivity contribution in [3.63, 3.8) is 0 Å². The summed E-state index contributed by atoms with van der Waals surface area (Å²) < 4.78 is 3.74. The van der Waals surface area contributed by atoms with Crippen LogP contribution in [0.25, 0.3) is 0 Å². The van der Waals surface area contributed by atoms with Gasteiger partial charge in [0.15, 0.2) is 10.8 Å². The molecule has 0 aliphatic rings. The number of rotatable bonds is 6. The molecule has 0 spiro atoms. The number of carboxylic acids is 1. The quantitative estimate of drug-likeness (QED) is 0.534. The number of nitrogens with two attached hydrogens (primary N) is 1. The Labute approximate surface area is 100 Å². The smallest absolute Gasteiger partial charge is 0.307 e. The highest BCUT2D eigenvalue weighted by atomic mass is 32.1. The van der Waals surface area contributed by atoms with Crippen LogP contribution in [0.3, 0.4) is 0 Å². The predicted molar refractivity (Wildman–Crippen MR) is 59.4 cm³/mol. The molecule has 3 N–H and O–H groups in total. The molecule has 1 heterocycles. The van der Waals surface area contributed by atoms with E-state index in [0.29, 0.717) is 0 Å². The maximum atomic E-state index is 10.6. The van der Waals surface area contributed by atoms with Gasteiger partial charge in [-0.05, 0) is 6.92 Å². The van der Waals surface area contributed by atoms with Crippen LogP contribution in [0.2, 0.25) is 0 Å². The molecule has 8 nitrogen and oxygen atoms in total. The van der Waals surface area contributed by atoms with Gasteiger partial charge in [0.05, 0.1) is 6.42 Å². The molecule has 91 valence electrons. The van der Waals surface area contributed by atoms with E-state index in [-0.39, 0.29) is 23.1 Å². The SMILES string of the molecule is CC(CC(=O)O)ON=C([C]=O)c1nsc(N)n1. The van der Waals surface area contributed by atoms with E-state index in [9.17, 15) is 9.59 Å². The van der Waals surface area contributed by atoms with Crippen LogP contribution in [0, 0.1) is 0 Å². The van der Waals surface area contributed by atoms with Gasteiger partial charge < -0.3 is 15.7 Å². The number of aliphatic carboxylic acids is 1. The lowest BCUT2D eigenvalue weighted by Gasteiger charge is -2.05. The second kappa shape index (κ2) is 5.89. The van der Waals surface area contributed by atoms with Crippen molar-refractivity contribution in [3.8, 4) is 0 Å². The molecule has 1 atom stereocenters. The second-order valence-corrected chi connectivity index (χ2v) is 3.80. The Morgan fingerprint density at radius 2 is 2.47 bits per heavy atom. The minimum absolute atomic E-state index is 0.00465. The molecule has 0 amide bonds. The first-order valence-electron chi connectivity index (χ1n) is 4.46. The fourth-order valence-corrected chi connectivity index (χ4v) is 1.30. The Morgan fingerprint density at radius 3 is 2.94 bits per heavy atom. The van der Waals surface area contributed by atoms with Gasteiger partial charge in [-0.3, -0.25) is 9.59 Å². The Balaban J connectivity index is 2.68. The van der Waals surface area contributed by atoms with Gasteiger partial charge in [0, 0.05) is 11.5 Å². The van der Waals surface area contributed by atoms with Gasteiger partial charge in [0.25, 0.3) is 6.29 Å². The third-order valence-corrected chi connectivity index (χ3v) is 2.08. The van der Waals surface area contributed by atoms with Crippen molar-refractivity contribution in [2.45, 2.75) is 19.4 Å². The van der Waals surface area contributed by atoms with Gasteiger partial charge in [-0.15, -0.1) is 0 Å². The summed E-state index contributed by atoms with van der Waals surface area (Å²) in [6.45, 7) is 1.50. The van der Waals surface area contributed by atoms with Gasteiger partial charge in [-0.2, -0.15) is 9.36 Å². The molecule has 0 aromatic carbocycles. The molecule has 1 unspecified atom stereocenters. The average Bonchev–Trinajstić information content (AvgIpc) is 2.65. The highest BCUT2D eigenvalue weighted by Gasteiger charge is 2.13. The summed E-state index contributed by atoms with van der Waals surface area (Å²) in [7, 11) is 0. The van der Waals surface area contributed by atoms with Gasteiger partial charge in [-0.1, -0.05) is 5.16 Å². The zero-order valence-electron chi connectivity index (χ0n) is 8.78. The largest absolute Gasteiger partial charge is 0.481 e. The fraction of sp³-hybridized carbons (Fsp3) is 0.375. The van der Waals surface area contributed by atoms with Crippen molar-refractivity contribution in [2.24, 2.45) is 5.16 Å². The predicted octanol–water partition coefficient (Wildman–Crippen LogP) is -0.186. The number of nitrogen functional groups attached to an aromatic ring is 1. The van der Waals surface area contributed by atoms with Gasteiger partial charge in [0.1, 0.15) is 6.10 Å².